The van der Waals surface area contributed by atoms with Crippen molar-refractivity contribution in [3.63, 3.8) is 0 Å². The summed E-state index contributed by atoms with van der Waals surface area (Å²) in [6, 6.07) is 16.2. The molecule has 27 heavy (non-hydrogen) atoms. The van der Waals surface area contributed by atoms with Crippen molar-refractivity contribution in [2.24, 2.45) is 11.6 Å². The summed E-state index contributed by atoms with van der Waals surface area (Å²) in [7, 11) is 0. The molecule has 2 heterocycles. The maximum atomic E-state index is 6.25. The van der Waals surface area contributed by atoms with Crippen molar-refractivity contribution in [3.05, 3.63) is 66.0 Å². The highest BCUT2D eigenvalue weighted by Crippen LogP contribution is 2.21. The summed E-state index contributed by atoms with van der Waals surface area (Å²) in [5.41, 5.74) is 10.6. The van der Waals surface area contributed by atoms with Gasteiger partial charge in [-0.05, 0) is 49.7 Å². The van der Waals surface area contributed by atoms with Gasteiger partial charge in [-0.3, -0.25) is 15.0 Å². The fourth-order valence-corrected chi connectivity index (χ4v) is 3.62. The highest BCUT2D eigenvalue weighted by molar-refractivity contribution is 5.89. The van der Waals surface area contributed by atoms with E-state index in [1.165, 1.54) is 37.9 Å². The van der Waals surface area contributed by atoms with Crippen molar-refractivity contribution < 1.29 is 0 Å². The molecule has 0 bridgehead atoms. The number of H-pyrrole nitrogens is 1. The van der Waals surface area contributed by atoms with Gasteiger partial charge in [0.2, 0.25) is 0 Å². The predicted octanol–water partition coefficient (Wildman–Crippen LogP) is 3.19. The molecule has 0 unspecified atom stereocenters. The van der Waals surface area contributed by atoms with Crippen LogP contribution in [-0.2, 0) is 6.54 Å². The van der Waals surface area contributed by atoms with Crippen LogP contribution in [0.15, 0.2) is 54.7 Å². The zero-order chi connectivity index (χ0) is 18.6. The molecule has 1 fully saturated rings. The van der Waals surface area contributed by atoms with Crippen molar-refractivity contribution in [3.8, 4) is 0 Å². The van der Waals surface area contributed by atoms with Crippen LogP contribution >= 0.6 is 0 Å². The van der Waals surface area contributed by atoms with E-state index in [1.54, 1.807) is 11.2 Å². The minimum Gasteiger partial charge on any atom is -0.396 e. The third-order valence-electron chi connectivity index (χ3n) is 5.11. The van der Waals surface area contributed by atoms with Gasteiger partial charge in [0.1, 0.15) is 5.69 Å². The van der Waals surface area contributed by atoms with E-state index >= 15 is 0 Å². The maximum absolute atomic E-state index is 6.25. The molecule has 1 saturated heterocycles. The third kappa shape index (κ3) is 3.97. The average Bonchev–Trinajstić information content (AvgIpc) is 3.13. The molecule has 2 aromatic carbocycles. The largest absolute Gasteiger partial charge is 0.396 e. The molecule has 0 saturated carbocycles. The molecular weight excluding hydrogens is 336 g/mol. The maximum Gasteiger partial charge on any atom is 0.117 e. The summed E-state index contributed by atoms with van der Waals surface area (Å²) in [6.07, 6.45) is 5.68. The number of hydrazine groups is 1. The number of nitrogens with one attached hydrogen (secondary N) is 1. The van der Waals surface area contributed by atoms with Crippen molar-refractivity contribution in [1.82, 2.24) is 15.1 Å². The number of benzene rings is 2. The molecule has 0 radical (unpaired) electrons. The van der Waals surface area contributed by atoms with Gasteiger partial charge in [-0.1, -0.05) is 36.8 Å². The molecule has 6 nitrogen and oxygen atoms in total. The molecule has 0 aliphatic carbocycles. The van der Waals surface area contributed by atoms with Crippen molar-refractivity contribution in [1.29, 1.82) is 0 Å². The molecule has 0 amide bonds. The first kappa shape index (κ1) is 17.6. The van der Waals surface area contributed by atoms with Gasteiger partial charge in [0, 0.05) is 18.1 Å². The van der Waals surface area contributed by atoms with Gasteiger partial charge >= 0.3 is 0 Å². The van der Waals surface area contributed by atoms with E-state index < -0.39 is 0 Å². The second-order valence-corrected chi connectivity index (χ2v) is 7.11. The Bertz CT molecular complexity index is 921. The van der Waals surface area contributed by atoms with E-state index in [9.17, 15) is 0 Å². The van der Waals surface area contributed by atoms with Crippen LogP contribution in [0.25, 0.3) is 16.6 Å². The number of nitrogens with zero attached hydrogens (tertiary/aromatic N) is 3. The highest BCUT2D eigenvalue weighted by Gasteiger charge is 2.11. The third-order valence-corrected chi connectivity index (χ3v) is 5.11. The molecule has 4 rings (SSSR count). The van der Waals surface area contributed by atoms with Crippen LogP contribution < -0.4 is 16.6 Å². The molecule has 1 aromatic heterocycles. The number of fused-ring (bicyclic) bond motifs is 1. The minimum atomic E-state index is 0.521. The highest BCUT2D eigenvalue weighted by atomic mass is 15.4. The number of nitrogens with two attached hydrogens (primary N) is 2. The second-order valence-electron chi connectivity index (χ2n) is 7.11. The smallest absolute Gasteiger partial charge is 0.117 e. The van der Waals surface area contributed by atoms with E-state index in [-0.39, 0.29) is 0 Å². The molecule has 140 valence electrons. The Morgan fingerprint density at radius 2 is 1.81 bits per heavy atom. The van der Waals surface area contributed by atoms with Crippen molar-refractivity contribution >= 4 is 22.3 Å². The van der Waals surface area contributed by atoms with Crippen molar-refractivity contribution in [2.75, 3.05) is 18.1 Å². The van der Waals surface area contributed by atoms with Gasteiger partial charge in [-0.2, -0.15) is 5.10 Å². The lowest BCUT2D eigenvalue weighted by Gasteiger charge is -2.26. The monoisotopic (exact) mass is 362 g/mol. The van der Waals surface area contributed by atoms with Gasteiger partial charge in [0.25, 0.3) is 0 Å². The summed E-state index contributed by atoms with van der Waals surface area (Å²) < 4.78 is 0. The number of rotatable bonds is 5. The van der Waals surface area contributed by atoms with E-state index in [1.807, 2.05) is 36.4 Å². The van der Waals surface area contributed by atoms with Crippen LogP contribution in [0.1, 0.15) is 30.5 Å². The summed E-state index contributed by atoms with van der Waals surface area (Å²) in [5, 5.41) is 9.84. The molecule has 1 aliphatic rings. The summed E-state index contributed by atoms with van der Waals surface area (Å²) >= 11 is 0. The summed E-state index contributed by atoms with van der Waals surface area (Å²) in [4.78, 5) is 2.51. The van der Waals surface area contributed by atoms with Gasteiger partial charge < -0.3 is 5.73 Å². The zero-order valence-corrected chi connectivity index (χ0v) is 15.4. The van der Waals surface area contributed by atoms with E-state index in [0.29, 0.717) is 11.4 Å². The first-order valence-corrected chi connectivity index (χ1v) is 9.47. The normalized spacial score (nSPS) is 16.0. The quantitative estimate of drug-likeness (QED) is 0.479. The Morgan fingerprint density at radius 3 is 2.59 bits per heavy atom. The number of likely N-dealkylation sites (tertiary alicyclic amines) is 1. The topological polar surface area (TPSA) is 87.2 Å². The molecule has 3 aromatic rings. The van der Waals surface area contributed by atoms with Gasteiger partial charge in [0.15, 0.2) is 0 Å². The second kappa shape index (κ2) is 7.82. The first-order chi connectivity index (χ1) is 13.2. The average molecular weight is 362 g/mol. The number of aromatic amines is 1. The standard InChI is InChI=1S/C21H26N6/c22-19(21-18-6-2-3-7-20(18)24-25-21)15-27(23)17-10-8-16(9-11-17)14-26-12-4-1-5-13-26/h2-3,6-11,15H,1,4-5,12-14,22-23H2,(H,24,25)/b19-15-. The number of hydrogen-bond acceptors (Lipinski definition) is 5. The fraction of sp³-hybridized carbons (Fsp3) is 0.286. The number of hydrogen-bond donors (Lipinski definition) is 3. The van der Waals surface area contributed by atoms with Crippen LogP contribution in [0.2, 0.25) is 0 Å². The molecule has 5 N–H and O–H groups in total. The Kier molecular flexibility index (Phi) is 5.09. The number of piperidine rings is 1. The Balaban J connectivity index is 1.47. The summed E-state index contributed by atoms with van der Waals surface area (Å²) in [5.74, 6) is 6.21. The van der Waals surface area contributed by atoms with E-state index in [2.05, 4.69) is 27.2 Å². The minimum absolute atomic E-state index is 0.521. The molecular formula is C21H26N6. The van der Waals surface area contributed by atoms with Gasteiger partial charge in [-0.25, -0.2) is 5.84 Å². The number of para-hydroxylation sites is 1. The number of aromatic nitrogens is 2. The fourth-order valence-electron chi connectivity index (χ4n) is 3.62. The van der Waals surface area contributed by atoms with Crippen LogP contribution in [0.5, 0.6) is 0 Å². The molecule has 0 spiro atoms. The Hall–Kier alpha value is -2.83. The Morgan fingerprint density at radius 1 is 1.07 bits per heavy atom. The van der Waals surface area contributed by atoms with Crippen LogP contribution in [0.3, 0.4) is 0 Å². The molecule has 6 heteroatoms. The first-order valence-electron chi connectivity index (χ1n) is 9.47. The lowest BCUT2D eigenvalue weighted by atomic mass is 10.1. The summed E-state index contributed by atoms with van der Waals surface area (Å²) in [6.45, 7) is 3.39. The van der Waals surface area contributed by atoms with E-state index in [0.717, 1.165) is 23.1 Å². The van der Waals surface area contributed by atoms with Crippen LogP contribution in [0, 0.1) is 0 Å². The lowest BCUT2D eigenvalue weighted by Crippen LogP contribution is -2.29. The van der Waals surface area contributed by atoms with Crippen molar-refractivity contribution in [2.45, 2.75) is 25.8 Å². The van der Waals surface area contributed by atoms with E-state index in [4.69, 9.17) is 11.6 Å². The molecule has 1 aliphatic heterocycles. The SMILES string of the molecule is N/C(=C\N(N)c1ccc(CN2CCCCC2)cc1)c1n[nH]c2ccccc12. The molecule has 0 atom stereocenters. The van der Waals surface area contributed by atoms with Crippen LogP contribution in [-0.4, -0.2) is 28.2 Å². The van der Waals surface area contributed by atoms with Crippen LogP contribution in [0.4, 0.5) is 5.69 Å². The lowest BCUT2D eigenvalue weighted by molar-refractivity contribution is 0.221. The Labute approximate surface area is 159 Å². The zero-order valence-electron chi connectivity index (χ0n) is 15.4. The van der Waals surface area contributed by atoms with Gasteiger partial charge in [0.05, 0.1) is 16.9 Å². The number of anilines is 1. The van der Waals surface area contributed by atoms with Gasteiger partial charge in [-0.15, -0.1) is 0 Å². The predicted molar refractivity (Wildman–Crippen MR) is 110 cm³/mol.